The van der Waals surface area contributed by atoms with E-state index in [0.717, 1.165) is 11.1 Å². The normalized spacial score (nSPS) is 10.6. The van der Waals surface area contributed by atoms with Crippen LogP contribution in [0.4, 0.5) is 0 Å². The summed E-state index contributed by atoms with van der Waals surface area (Å²) in [4.78, 5) is 10.9. The lowest BCUT2D eigenvalue weighted by Crippen LogP contribution is -1.93. The zero-order valence-electron chi connectivity index (χ0n) is 9.07. The fraction of sp³-hybridized carbons (Fsp3) is 0.250. The number of ether oxygens (including phenoxy) is 1. The van der Waals surface area contributed by atoms with E-state index in [1.54, 1.807) is 6.08 Å². The Morgan fingerprint density at radius 3 is 2.67 bits per heavy atom. The molecule has 3 nitrogen and oxygen atoms in total. The molecule has 3 heteroatoms. The molecule has 0 fully saturated rings. The molecule has 1 rings (SSSR count). The molecule has 0 atom stereocenters. The van der Waals surface area contributed by atoms with Gasteiger partial charge in [0, 0.05) is 11.6 Å². The van der Waals surface area contributed by atoms with Gasteiger partial charge in [-0.3, -0.25) is 0 Å². The number of hydrogen-bond donors (Lipinski definition) is 1. The number of phenols is 1. The van der Waals surface area contributed by atoms with Crippen molar-refractivity contribution in [1.29, 1.82) is 0 Å². The van der Waals surface area contributed by atoms with E-state index in [2.05, 4.69) is 4.74 Å². The number of carbonyl (C=O) groups excluding carboxylic acids is 1. The molecule has 0 aromatic heterocycles. The van der Waals surface area contributed by atoms with Crippen LogP contribution in [0.3, 0.4) is 0 Å². The fourth-order valence-corrected chi connectivity index (χ4v) is 1.35. The zero-order valence-corrected chi connectivity index (χ0v) is 9.07. The quantitative estimate of drug-likeness (QED) is 0.596. The third kappa shape index (κ3) is 2.84. The smallest absolute Gasteiger partial charge is 0.330 e. The van der Waals surface area contributed by atoms with E-state index in [1.165, 1.54) is 13.2 Å². The highest BCUT2D eigenvalue weighted by atomic mass is 16.5. The summed E-state index contributed by atoms with van der Waals surface area (Å²) in [6.07, 6.45) is 2.83. The lowest BCUT2D eigenvalue weighted by atomic mass is 10.1. The molecular formula is C12H14O3. The Balaban J connectivity index is 3.04. The molecule has 0 saturated heterocycles. The molecule has 0 saturated carbocycles. The summed E-state index contributed by atoms with van der Waals surface area (Å²) in [5.74, 6) is -0.241. The third-order valence-electron chi connectivity index (χ3n) is 2.07. The van der Waals surface area contributed by atoms with Crippen molar-refractivity contribution in [2.24, 2.45) is 0 Å². The highest BCUT2D eigenvalue weighted by Gasteiger charge is 2.03. The SMILES string of the molecule is COC(=O)C=Cc1cc(C)cc(C)c1O. The van der Waals surface area contributed by atoms with Gasteiger partial charge >= 0.3 is 5.97 Å². The standard InChI is InChI=1S/C12H14O3/c1-8-6-9(2)12(14)10(7-8)4-5-11(13)15-3/h4-7,14H,1-3H3. The maximum atomic E-state index is 10.9. The highest BCUT2D eigenvalue weighted by molar-refractivity contribution is 5.87. The van der Waals surface area contributed by atoms with E-state index in [1.807, 2.05) is 26.0 Å². The first kappa shape index (κ1) is 11.3. The van der Waals surface area contributed by atoms with Crippen molar-refractivity contribution >= 4 is 12.0 Å². The number of carbonyl (C=O) groups is 1. The van der Waals surface area contributed by atoms with Gasteiger partial charge in [-0.15, -0.1) is 0 Å². The predicted molar refractivity (Wildman–Crippen MR) is 58.6 cm³/mol. The second-order valence-corrected chi connectivity index (χ2v) is 3.38. The van der Waals surface area contributed by atoms with Crippen molar-refractivity contribution in [3.63, 3.8) is 0 Å². The molecule has 0 amide bonds. The topological polar surface area (TPSA) is 46.5 Å². The number of aryl methyl sites for hydroxylation is 2. The van der Waals surface area contributed by atoms with Crippen LogP contribution in [0.2, 0.25) is 0 Å². The number of methoxy groups -OCH3 is 1. The minimum Gasteiger partial charge on any atom is -0.507 e. The van der Waals surface area contributed by atoms with Crippen LogP contribution >= 0.6 is 0 Å². The first-order chi connectivity index (χ1) is 7.04. The van der Waals surface area contributed by atoms with Gasteiger partial charge in [-0.2, -0.15) is 0 Å². The van der Waals surface area contributed by atoms with Crippen LogP contribution in [0.5, 0.6) is 5.75 Å². The average Bonchev–Trinajstić information content (AvgIpc) is 2.20. The molecule has 15 heavy (non-hydrogen) atoms. The number of esters is 1. The highest BCUT2D eigenvalue weighted by Crippen LogP contribution is 2.24. The zero-order chi connectivity index (χ0) is 11.4. The molecule has 1 aromatic carbocycles. The fourth-order valence-electron chi connectivity index (χ4n) is 1.35. The Hall–Kier alpha value is -1.77. The first-order valence-corrected chi connectivity index (χ1v) is 4.61. The Bertz CT molecular complexity index is 406. The minimum atomic E-state index is -0.437. The number of benzene rings is 1. The van der Waals surface area contributed by atoms with E-state index in [0.29, 0.717) is 5.56 Å². The molecule has 0 heterocycles. The number of hydrogen-bond acceptors (Lipinski definition) is 3. The van der Waals surface area contributed by atoms with Gasteiger partial charge in [0.15, 0.2) is 0 Å². The predicted octanol–water partition coefficient (Wildman–Crippen LogP) is 2.20. The maximum absolute atomic E-state index is 10.9. The van der Waals surface area contributed by atoms with Crippen LogP contribution in [0, 0.1) is 13.8 Å². The van der Waals surface area contributed by atoms with Crippen molar-refractivity contribution in [1.82, 2.24) is 0 Å². The summed E-state index contributed by atoms with van der Waals surface area (Å²) in [5.41, 5.74) is 2.45. The molecule has 80 valence electrons. The second-order valence-electron chi connectivity index (χ2n) is 3.38. The van der Waals surface area contributed by atoms with Crippen LogP contribution in [0.1, 0.15) is 16.7 Å². The molecule has 0 aliphatic heterocycles. The number of phenolic OH excluding ortho intramolecular Hbond substituents is 1. The Morgan fingerprint density at radius 1 is 1.40 bits per heavy atom. The van der Waals surface area contributed by atoms with Crippen LogP contribution in [0.15, 0.2) is 18.2 Å². The van der Waals surface area contributed by atoms with Crippen LogP contribution < -0.4 is 0 Å². The van der Waals surface area contributed by atoms with E-state index < -0.39 is 5.97 Å². The largest absolute Gasteiger partial charge is 0.507 e. The Kier molecular flexibility index (Phi) is 3.50. The molecule has 1 aromatic rings. The molecule has 0 aliphatic rings. The Morgan fingerprint density at radius 2 is 2.07 bits per heavy atom. The molecule has 0 spiro atoms. The van der Waals surface area contributed by atoms with E-state index in [-0.39, 0.29) is 5.75 Å². The van der Waals surface area contributed by atoms with Gasteiger partial charge in [0.2, 0.25) is 0 Å². The van der Waals surface area contributed by atoms with Crippen molar-refractivity contribution < 1.29 is 14.6 Å². The Labute approximate surface area is 89.0 Å². The van der Waals surface area contributed by atoms with Crippen LogP contribution in [-0.4, -0.2) is 18.2 Å². The second kappa shape index (κ2) is 4.64. The summed E-state index contributed by atoms with van der Waals surface area (Å²) in [6.45, 7) is 3.75. The van der Waals surface area contributed by atoms with Gasteiger partial charge in [0.1, 0.15) is 5.75 Å². The molecule has 0 unspecified atom stereocenters. The molecule has 0 aliphatic carbocycles. The molecular weight excluding hydrogens is 192 g/mol. The number of rotatable bonds is 2. The van der Waals surface area contributed by atoms with Gasteiger partial charge in [-0.05, 0) is 31.6 Å². The van der Waals surface area contributed by atoms with Crippen molar-refractivity contribution in [2.75, 3.05) is 7.11 Å². The maximum Gasteiger partial charge on any atom is 0.330 e. The summed E-state index contributed by atoms with van der Waals surface area (Å²) in [7, 11) is 1.31. The van der Waals surface area contributed by atoms with Gasteiger partial charge in [-0.25, -0.2) is 4.79 Å². The van der Waals surface area contributed by atoms with Gasteiger partial charge < -0.3 is 9.84 Å². The lowest BCUT2D eigenvalue weighted by molar-refractivity contribution is -0.134. The lowest BCUT2D eigenvalue weighted by Gasteiger charge is -2.04. The van der Waals surface area contributed by atoms with Crippen LogP contribution in [0.25, 0.3) is 6.08 Å². The van der Waals surface area contributed by atoms with Crippen molar-refractivity contribution in [3.8, 4) is 5.75 Å². The summed E-state index contributed by atoms with van der Waals surface area (Å²) in [5, 5.41) is 9.70. The third-order valence-corrected chi connectivity index (χ3v) is 2.07. The van der Waals surface area contributed by atoms with Crippen molar-refractivity contribution in [3.05, 3.63) is 34.9 Å². The van der Waals surface area contributed by atoms with Crippen LogP contribution in [-0.2, 0) is 9.53 Å². The molecule has 1 N–H and O–H groups in total. The van der Waals surface area contributed by atoms with Gasteiger partial charge in [0.05, 0.1) is 7.11 Å². The average molecular weight is 206 g/mol. The summed E-state index contributed by atoms with van der Waals surface area (Å²) in [6, 6.07) is 3.69. The summed E-state index contributed by atoms with van der Waals surface area (Å²) >= 11 is 0. The van der Waals surface area contributed by atoms with Gasteiger partial charge in [-0.1, -0.05) is 11.6 Å². The minimum absolute atomic E-state index is 0.195. The first-order valence-electron chi connectivity index (χ1n) is 4.61. The molecule has 0 radical (unpaired) electrons. The molecule has 0 bridgehead atoms. The number of aromatic hydroxyl groups is 1. The van der Waals surface area contributed by atoms with E-state index in [4.69, 9.17) is 0 Å². The van der Waals surface area contributed by atoms with Crippen molar-refractivity contribution in [2.45, 2.75) is 13.8 Å². The van der Waals surface area contributed by atoms with E-state index in [9.17, 15) is 9.90 Å². The van der Waals surface area contributed by atoms with Gasteiger partial charge in [0.25, 0.3) is 0 Å². The van der Waals surface area contributed by atoms with E-state index >= 15 is 0 Å². The monoisotopic (exact) mass is 206 g/mol. The summed E-state index contributed by atoms with van der Waals surface area (Å²) < 4.78 is 4.46.